The molecule has 0 amide bonds. The van der Waals surface area contributed by atoms with E-state index in [1.165, 1.54) is 19.3 Å². The second kappa shape index (κ2) is 6.68. The van der Waals surface area contributed by atoms with Gasteiger partial charge in [-0.25, -0.2) is 4.68 Å². The van der Waals surface area contributed by atoms with Crippen LogP contribution in [-0.2, 0) is 16.6 Å². The quantitative estimate of drug-likeness (QED) is 0.840. The van der Waals surface area contributed by atoms with Crippen molar-refractivity contribution in [1.29, 1.82) is 0 Å². The summed E-state index contributed by atoms with van der Waals surface area (Å²) in [7, 11) is -1.13. The number of aryl methyl sites for hydroxylation is 1. The third-order valence-corrected chi connectivity index (χ3v) is 5.74. The SMILES string of the molecule is Cc1cc(C[S@](=O)[C@H](C)c2nnnn2C2CCCCC2)no1. The van der Waals surface area contributed by atoms with Crippen molar-refractivity contribution in [3.63, 3.8) is 0 Å². The molecule has 7 nitrogen and oxygen atoms in total. The first-order valence-electron chi connectivity index (χ1n) is 7.72. The van der Waals surface area contributed by atoms with Gasteiger partial charge in [-0.1, -0.05) is 24.4 Å². The highest BCUT2D eigenvalue weighted by molar-refractivity contribution is 7.84. The third-order valence-electron chi connectivity index (χ3n) is 4.16. The van der Waals surface area contributed by atoms with Crippen LogP contribution in [0.25, 0.3) is 0 Å². The Bertz CT molecular complexity index is 647. The summed E-state index contributed by atoms with van der Waals surface area (Å²) in [4.78, 5) is 0. The average Bonchev–Trinajstić information content (AvgIpc) is 3.16. The number of rotatable bonds is 5. The Labute approximate surface area is 131 Å². The van der Waals surface area contributed by atoms with Crippen molar-refractivity contribution in [3.8, 4) is 0 Å². The van der Waals surface area contributed by atoms with Gasteiger partial charge in [-0.2, -0.15) is 0 Å². The van der Waals surface area contributed by atoms with Gasteiger partial charge in [-0.15, -0.1) is 5.10 Å². The van der Waals surface area contributed by atoms with Gasteiger partial charge >= 0.3 is 0 Å². The van der Waals surface area contributed by atoms with Crippen molar-refractivity contribution >= 4 is 10.8 Å². The zero-order valence-electron chi connectivity index (χ0n) is 12.9. The maximum Gasteiger partial charge on any atom is 0.166 e. The zero-order chi connectivity index (χ0) is 15.5. The van der Waals surface area contributed by atoms with E-state index in [4.69, 9.17) is 4.52 Å². The van der Waals surface area contributed by atoms with E-state index in [0.717, 1.165) is 18.6 Å². The van der Waals surface area contributed by atoms with Crippen molar-refractivity contribution in [2.45, 2.75) is 63.0 Å². The molecule has 0 aromatic carbocycles. The highest BCUT2D eigenvalue weighted by Crippen LogP contribution is 2.30. The van der Waals surface area contributed by atoms with Crippen molar-refractivity contribution in [1.82, 2.24) is 25.4 Å². The largest absolute Gasteiger partial charge is 0.361 e. The number of hydrogen-bond donors (Lipinski definition) is 0. The Balaban J connectivity index is 1.73. The lowest BCUT2D eigenvalue weighted by atomic mass is 9.95. The minimum Gasteiger partial charge on any atom is -0.361 e. The third kappa shape index (κ3) is 3.26. The Morgan fingerprint density at radius 2 is 2.18 bits per heavy atom. The lowest BCUT2D eigenvalue weighted by Gasteiger charge is -2.23. The molecule has 0 saturated heterocycles. The molecule has 2 aromatic rings. The number of tetrazole rings is 1. The van der Waals surface area contributed by atoms with Gasteiger partial charge < -0.3 is 4.52 Å². The molecule has 1 fully saturated rings. The van der Waals surface area contributed by atoms with Gasteiger partial charge in [0.25, 0.3) is 0 Å². The van der Waals surface area contributed by atoms with Crippen molar-refractivity contribution in [2.75, 3.05) is 0 Å². The van der Waals surface area contributed by atoms with Crippen molar-refractivity contribution in [2.24, 2.45) is 0 Å². The molecule has 120 valence electrons. The molecule has 0 unspecified atom stereocenters. The molecule has 2 atom stereocenters. The molecule has 0 bridgehead atoms. The first-order chi connectivity index (χ1) is 10.6. The normalized spacial score (nSPS) is 19.2. The molecular formula is C14H21N5O2S. The minimum absolute atomic E-state index is 0.228. The fraction of sp³-hybridized carbons (Fsp3) is 0.714. The number of nitrogens with zero attached hydrogens (tertiary/aromatic N) is 5. The Kier molecular flexibility index (Phi) is 4.66. The van der Waals surface area contributed by atoms with E-state index in [1.807, 2.05) is 24.6 Å². The van der Waals surface area contributed by atoms with E-state index in [-0.39, 0.29) is 5.25 Å². The predicted octanol–water partition coefficient (Wildman–Crippen LogP) is 2.48. The molecule has 0 aliphatic heterocycles. The van der Waals surface area contributed by atoms with Gasteiger partial charge in [0.2, 0.25) is 0 Å². The highest BCUT2D eigenvalue weighted by Gasteiger charge is 2.26. The first kappa shape index (κ1) is 15.3. The lowest BCUT2D eigenvalue weighted by Crippen LogP contribution is -2.20. The van der Waals surface area contributed by atoms with E-state index >= 15 is 0 Å². The molecule has 0 radical (unpaired) electrons. The second-order valence-corrected chi connectivity index (χ2v) is 7.63. The zero-order valence-corrected chi connectivity index (χ0v) is 13.8. The van der Waals surface area contributed by atoms with Gasteiger partial charge in [0.15, 0.2) is 5.82 Å². The summed E-state index contributed by atoms with van der Waals surface area (Å²) >= 11 is 0. The van der Waals surface area contributed by atoms with Crippen LogP contribution in [0.4, 0.5) is 0 Å². The second-order valence-electron chi connectivity index (χ2n) is 5.87. The molecule has 3 rings (SSSR count). The van der Waals surface area contributed by atoms with E-state index in [2.05, 4.69) is 20.7 Å². The minimum atomic E-state index is -1.13. The van der Waals surface area contributed by atoms with Crippen LogP contribution in [0.5, 0.6) is 0 Å². The summed E-state index contributed by atoms with van der Waals surface area (Å²) in [6.45, 7) is 3.74. The summed E-state index contributed by atoms with van der Waals surface area (Å²) in [5.41, 5.74) is 0.708. The molecule has 0 spiro atoms. The van der Waals surface area contributed by atoms with Gasteiger partial charge in [-0.05, 0) is 37.1 Å². The van der Waals surface area contributed by atoms with Crippen LogP contribution in [0.15, 0.2) is 10.6 Å². The molecule has 2 heterocycles. The van der Waals surface area contributed by atoms with Crippen LogP contribution in [0.2, 0.25) is 0 Å². The maximum atomic E-state index is 12.6. The molecule has 2 aromatic heterocycles. The summed E-state index contributed by atoms with van der Waals surface area (Å²) in [6.07, 6.45) is 5.89. The predicted molar refractivity (Wildman–Crippen MR) is 81.4 cm³/mol. The van der Waals surface area contributed by atoms with Gasteiger partial charge in [0, 0.05) is 16.9 Å². The molecular weight excluding hydrogens is 302 g/mol. The molecule has 0 N–H and O–H groups in total. The summed E-state index contributed by atoms with van der Waals surface area (Å²) in [5.74, 6) is 1.80. The van der Waals surface area contributed by atoms with Gasteiger partial charge in [0.05, 0.1) is 22.7 Å². The molecule has 1 saturated carbocycles. The van der Waals surface area contributed by atoms with Crippen LogP contribution in [0, 0.1) is 6.92 Å². The monoisotopic (exact) mass is 323 g/mol. The Morgan fingerprint density at radius 3 is 2.86 bits per heavy atom. The summed E-state index contributed by atoms with van der Waals surface area (Å²) in [6, 6.07) is 2.15. The standard InChI is InChI=1S/C14H21N5O2S/c1-10-8-12(16-21-10)9-22(20)11(2)14-15-17-18-19(14)13-6-4-3-5-7-13/h8,11,13H,3-7,9H2,1-2H3/t11-,22+/m1/s1. The van der Waals surface area contributed by atoms with Crippen LogP contribution < -0.4 is 0 Å². The van der Waals surface area contributed by atoms with Crippen LogP contribution in [0.1, 0.15) is 67.6 Å². The highest BCUT2D eigenvalue weighted by atomic mass is 32.2. The van der Waals surface area contributed by atoms with E-state index in [0.29, 0.717) is 23.3 Å². The number of hydrogen-bond acceptors (Lipinski definition) is 6. The molecule has 1 aliphatic carbocycles. The molecule has 8 heteroatoms. The van der Waals surface area contributed by atoms with Gasteiger partial charge in [-0.3, -0.25) is 4.21 Å². The Morgan fingerprint density at radius 1 is 1.41 bits per heavy atom. The lowest BCUT2D eigenvalue weighted by molar-refractivity contribution is 0.316. The topological polar surface area (TPSA) is 86.7 Å². The van der Waals surface area contributed by atoms with Crippen LogP contribution in [-0.4, -0.2) is 29.6 Å². The summed E-state index contributed by atoms with van der Waals surface area (Å²) in [5, 5.41) is 15.7. The maximum absolute atomic E-state index is 12.6. The fourth-order valence-electron chi connectivity index (χ4n) is 2.93. The Hall–Kier alpha value is -1.57. The van der Waals surface area contributed by atoms with Crippen molar-refractivity contribution < 1.29 is 8.73 Å². The van der Waals surface area contributed by atoms with E-state index in [1.54, 1.807) is 0 Å². The van der Waals surface area contributed by atoms with E-state index in [9.17, 15) is 4.21 Å². The van der Waals surface area contributed by atoms with Gasteiger partial charge in [0.1, 0.15) is 5.76 Å². The fourth-order valence-corrected chi connectivity index (χ4v) is 4.00. The van der Waals surface area contributed by atoms with Crippen LogP contribution in [0.3, 0.4) is 0 Å². The molecule has 22 heavy (non-hydrogen) atoms. The first-order valence-corrected chi connectivity index (χ1v) is 9.10. The number of aromatic nitrogens is 5. The van der Waals surface area contributed by atoms with Crippen LogP contribution >= 0.6 is 0 Å². The molecule has 1 aliphatic rings. The van der Waals surface area contributed by atoms with Crippen molar-refractivity contribution in [3.05, 3.63) is 23.3 Å². The smallest absolute Gasteiger partial charge is 0.166 e. The average molecular weight is 323 g/mol. The van der Waals surface area contributed by atoms with E-state index < -0.39 is 10.8 Å². The summed E-state index contributed by atoms with van der Waals surface area (Å²) < 4.78 is 19.5.